The van der Waals surface area contributed by atoms with Crippen LogP contribution in [0.4, 0.5) is 5.69 Å². The molecule has 0 saturated heterocycles. The summed E-state index contributed by atoms with van der Waals surface area (Å²) in [6.45, 7) is 4.08. The first-order valence-electron chi connectivity index (χ1n) is 9.65. The maximum Gasteiger partial charge on any atom is 0.119 e. The van der Waals surface area contributed by atoms with Crippen molar-refractivity contribution in [3.63, 3.8) is 0 Å². The summed E-state index contributed by atoms with van der Waals surface area (Å²) in [5, 5.41) is 0. The van der Waals surface area contributed by atoms with Crippen molar-refractivity contribution in [2.45, 2.75) is 26.3 Å². The molecule has 4 heteroatoms. The lowest BCUT2D eigenvalue weighted by Gasteiger charge is -2.01. The number of nitrogens with two attached hydrogens (primary N) is 3. The Morgan fingerprint density at radius 3 is 1.68 bits per heavy atom. The lowest BCUT2D eigenvalue weighted by molar-refractivity contribution is 0.340. The first kappa shape index (κ1) is 23.2. The van der Waals surface area contributed by atoms with Crippen LogP contribution in [0.25, 0.3) is 0 Å². The van der Waals surface area contributed by atoms with E-state index >= 15 is 0 Å². The van der Waals surface area contributed by atoms with Crippen molar-refractivity contribution in [3.05, 3.63) is 96.1 Å². The number of hydrogen-bond acceptors (Lipinski definition) is 4. The predicted molar refractivity (Wildman–Crippen MR) is 120 cm³/mol. The van der Waals surface area contributed by atoms with Crippen molar-refractivity contribution in [1.82, 2.24) is 0 Å². The molecule has 0 aromatic heterocycles. The van der Waals surface area contributed by atoms with Crippen LogP contribution in [0.5, 0.6) is 5.75 Å². The monoisotopic (exact) mass is 379 g/mol. The number of aryl methyl sites for hydroxylation is 1. The molecule has 3 rings (SSSR count). The van der Waals surface area contributed by atoms with Gasteiger partial charge in [0.05, 0.1) is 6.61 Å². The summed E-state index contributed by atoms with van der Waals surface area (Å²) in [5.41, 5.74) is 19.5. The summed E-state index contributed by atoms with van der Waals surface area (Å²) >= 11 is 0. The van der Waals surface area contributed by atoms with E-state index in [0.29, 0.717) is 13.2 Å². The highest BCUT2D eigenvalue weighted by Crippen LogP contribution is 2.12. The minimum Gasteiger partial charge on any atom is -0.494 e. The Morgan fingerprint density at radius 1 is 0.714 bits per heavy atom. The Morgan fingerprint density at radius 2 is 1.25 bits per heavy atom. The average molecular weight is 380 g/mol. The molecule has 0 spiro atoms. The van der Waals surface area contributed by atoms with Crippen molar-refractivity contribution in [3.8, 4) is 5.75 Å². The van der Waals surface area contributed by atoms with E-state index in [0.717, 1.165) is 30.8 Å². The Labute approximate surface area is 169 Å². The standard InChI is InChI=1S/C9H13N.C8H11NO.C7H9N/c10-8-4-7-9-5-2-1-3-6-9;1-2-10-8-5-3-7(9)4-6-8;8-6-7-4-2-1-3-5-7/h1-3,5-6H,4,7-8,10H2;3-6H,2,9H2,1H3;1-5H,6,8H2. The topological polar surface area (TPSA) is 87.3 Å². The summed E-state index contributed by atoms with van der Waals surface area (Å²) in [6.07, 6.45) is 2.20. The first-order chi connectivity index (χ1) is 13.7. The lowest BCUT2D eigenvalue weighted by atomic mass is 10.1. The van der Waals surface area contributed by atoms with E-state index in [1.54, 1.807) is 0 Å². The van der Waals surface area contributed by atoms with Crippen LogP contribution in [0, 0.1) is 0 Å². The van der Waals surface area contributed by atoms with Crippen LogP contribution in [0.15, 0.2) is 84.9 Å². The van der Waals surface area contributed by atoms with Gasteiger partial charge in [-0.05, 0) is 61.7 Å². The molecule has 0 atom stereocenters. The number of ether oxygens (including phenoxy) is 1. The molecule has 4 nitrogen and oxygen atoms in total. The molecule has 0 aliphatic carbocycles. The quantitative estimate of drug-likeness (QED) is 0.554. The van der Waals surface area contributed by atoms with Gasteiger partial charge in [-0.15, -0.1) is 0 Å². The zero-order valence-electron chi connectivity index (χ0n) is 16.8. The van der Waals surface area contributed by atoms with Gasteiger partial charge in [-0.3, -0.25) is 0 Å². The molecule has 0 bridgehead atoms. The van der Waals surface area contributed by atoms with E-state index < -0.39 is 0 Å². The van der Waals surface area contributed by atoms with Gasteiger partial charge >= 0.3 is 0 Å². The summed E-state index contributed by atoms with van der Waals surface area (Å²) < 4.78 is 5.21. The van der Waals surface area contributed by atoms with E-state index in [1.807, 2.05) is 67.6 Å². The maximum atomic E-state index is 5.47. The molecule has 0 amide bonds. The molecule has 0 radical (unpaired) electrons. The van der Waals surface area contributed by atoms with Crippen LogP contribution in [0.3, 0.4) is 0 Å². The molecule has 0 saturated carbocycles. The van der Waals surface area contributed by atoms with Gasteiger partial charge in [0.2, 0.25) is 0 Å². The Bertz CT molecular complexity index is 716. The van der Waals surface area contributed by atoms with Crippen LogP contribution in [0.1, 0.15) is 24.5 Å². The molecule has 3 aromatic carbocycles. The second-order valence-corrected chi connectivity index (χ2v) is 6.07. The molecule has 6 N–H and O–H groups in total. The van der Waals surface area contributed by atoms with Gasteiger partial charge in [-0.25, -0.2) is 0 Å². The number of benzene rings is 3. The second kappa shape index (κ2) is 15.3. The van der Waals surface area contributed by atoms with Crippen molar-refractivity contribution >= 4 is 5.69 Å². The van der Waals surface area contributed by atoms with Crippen LogP contribution < -0.4 is 21.9 Å². The number of anilines is 1. The third-order valence-corrected chi connectivity index (χ3v) is 3.78. The van der Waals surface area contributed by atoms with E-state index in [4.69, 9.17) is 21.9 Å². The molecule has 0 unspecified atom stereocenters. The van der Waals surface area contributed by atoms with Crippen molar-refractivity contribution in [1.29, 1.82) is 0 Å². The smallest absolute Gasteiger partial charge is 0.119 e. The van der Waals surface area contributed by atoms with Crippen LogP contribution in [0.2, 0.25) is 0 Å². The fourth-order valence-electron chi connectivity index (χ4n) is 2.30. The predicted octanol–water partition coefficient (Wildman–Crippen LogP) is 4.39. The third-order valence-electron chi connectivity index (χ3n) is 3.78. The van der Waals surface area contributed by atoms with E-state index in [9.17, 15) is 0 Å². The van der Waals surface area contributed by atoms with Gasteiger partial charge < -0.3 is 21.9 Å². The van der Waals surface area contributed by atoms with Gasteiger partial charge in [-0.1, -0.05) is 60.7 Å². The number of rotatable bonds is 6. The molecule has 0 aliphatic heterocycles. The zero-order chi connectivity index (χ0) is 20.5. The lowest BCUT2D eigenvalue weighted by Crippen LogP contribution is -1.99. The molecule has 0 heterocycles. The molecule has 0 fully saturated rings. The molecule has 3 aromatic rings. The van der Waals surface area contributed by atoms with Gasteiger partial charge in [-0.2, -0.15) is 0 Å². The summed E-state index contributed by atoms with van der Waals surface area (Å²) in [4.78, 5) is 0. The fraction of sp³-hybridized carbons (Fsp3) is 0.250. The van der Waals surface area contributed by atoms with Gasteiger partial charge in [0.25, 0.3) is 0 Å². The van der Waals surface area contributed by atoms with E-state index in [-0.39, 0.29) is 0 Å². The molecule has 150 valence electrons. The zero-order valence-corrected chi connectivity index (χ0v) is 16.8. The van der Waals surface area contributed by atoms with Gasteiger partial charge in [0.15, 0.2) is 0 Å². The van der Waals surface area contributed by atoms with Crippen molar-refractivity contribution < 1.29 is 4.74 Å². The summed E-state index contributed by atoms with van der Waals surface area (Å²) in [5.74, 6) is 0.872. The second-order valence-electron chi connectivity index (χ2n) is 6.07. The highest BCUT2D eigenvalue weighted by molar-refractivity contribution is 5.41. The van der Waals surface area contributed by atoms with Crippen LogP contribution >= 0.6 is 0 Å². The third kappa shape index (κ3) is 11.0. The van der Waals surface area contributed by atoms with Gasteiger partial charge in [0.1, 0.15) is 5.75 Å². The van der Waals surface area contributed by atoms with Gasteiger partial charge in [0, 0.05) is 12.2 Å². The molecule has 28 heavy (non-hydrogen) atoms. The minimum atomic E-state index is 0.640. The number of hydrogen-bond donors (Lipinski definition) is 3. The highest BCUT2D eigenvalue weighted by Gasteiger charge is 1.89. The largest absolute Gasteiger partial charge is 0.494 e. The molecular formula is C24H33N3O. The Hall–Kier alpha value is -2.82. The Kier molecular flexibility index (Phi) is 12.7. The SMILES string of the molecule is CCOc1ccc(N)cc1.NCCCc1ccccc1.NCc1ccccc1. The molecular weight excluding hydrogens is 346 g/mol. The van der Waals surface area contributed by atoms with Crippen LogP contribution in [-0.4, -0.2) is 13.2 Å². The number of nitrogen functional groups attached to an aromatic ring is 1. The van der Waals surface area contributed by atoms with E-state index in [2.05, 4.69) is 24.3 Å². The van der Waals surface area contributed by atoms with Crippen LogP contribution in [-0.2, 0) is 13.0 Å². The normalized spacial score (nSPS) is 9.39. The maximum absolute atomic E-state index is 5.47. The summed E-state index contributed by atoms with van der Waals surface area (Å²) in [6, 6.07) is 27.8. The van der Waals surface area contributed by atoms with Crippen molar-refractivity contribution in [2.24, 2.45) is 11.5 Å². The molecule has 0 aliphatic rings. The summed E-state index contributed by atoms with van der Waals surface area (Å²) in [7, 11) is 0. The Balaban J connectivity index is 0.000000212. The average Bonchev–Trinajstić information content (AvgIpc) is 2.76. The van der Waals surface area contributed by atoms with Crippen molar-refractivity contribution in [2.75, 3.05) is 18.9 Å². The highest BCUT2D eigenvalue weighted by atomic mass is 16.5. The first-order valence-corrected chi connectivity index (χ1v) is 9.65. The fourth-order valence-corrected chi connectivity index (χ4v) is 2.30. The minimum absolute atomic E-state index is 0.640. The van der Waals surface area contributed by atoms with E-state index in [1.165, 1.54) is 11.1 Å².